The molecule has 0 N–H and O–H groups in total. The average molecular weight is 591 g/mol. The number of ether oxygens (including phenoxy) is 1. The normalized spacial score (nSPS) is 24.1. The maximum Gasteiger partial charge on any atom is 0.415 e. The largest absolute Gasteiger partial charge is 0.415 e. The molecule has 214 valence electrons. The van der Waals surface area contributed by atoms with Crippen LogP contribution in [0.3, 0.4) is 0 Å². The average Bonchev–Trinajstić information content (AvgIpc) is 3.36. The number of benzene rings is 2. The van der Waals surface area contributed by atoms with Crippen molar-refractivity contribution in [2.75, 3.05) is 33.2 Å². The highest BCUT2D eigenvalue weighted by atomic mass is 35.5. The van der Waals surface area contributed by atoms with Crippen LogP contribution in [0.15, 0.2) is 42.5 Å². The molecule has 10 heteroatoms. The molecule has 3 atom stereocenters. The van der Waals surface area contributed by atoms with Crippen LogP contribution in [-0.4, -0.2) is 71.9 Å². The molecule has 2 heterocycles. The maximum absolute atomic E-state index is 13.7. The molecule has 0 bridgehead atoms. The highest BCUT2D eigenvalue weighted by molar-refractivity contribution is 6.42. The van der Waals surface area contributed by atoms with E-state index in [1.807, 2.05) is 15.9 Å². The lowest BCUT2D eigenvalue weighted by molar-refractivity contribution is -0.141. The predicted molar refractivity (Wildman–Crippen MR) is 151 cm³/mol. The summed E-state index contributed by atoms with van der Waals surface area (Å²) in [5, 5.41) is 0.822. The Morgan fingerprint density at radius 3 is 2.20 bits per heavy atom. The molecule has 0 spiro atoms. The Morgan fingerprint density at radius 1 is 0.950 bits per heavy atom. The Morgan fingerprint density at radius 2 is 1.60 bits per heavy atom. The Bertz CT molecular complexity index is 1300. The first-order chi connectivity index (χ1) is 18.9. The van der Waals surface area contributed by atoms with Gasteiger partial charge in [-0.3, -0.25) is 9.59 Å². The molecule has 0 radical (unpaired) electrons. The Hall–Kier alpha value is -2.84. The van der Waals surface area contributed by atoms with Gasteiger partial charge in [0.25, 0.3) is 0 Å². The van der Waals surface area contributed by atoms with Crippen molar-refractivity contribution in [1.29, 1.82) is 0 Å². The van der Waals surface area contributed by atoms with Gasteiger partial charge >= 0.3 is 6.09 Å². The first-order valence-electron chi connectivity index (χ1n) is 13.7. The molecule has 5 rings (SSSR count). The molecule has 3 amide bonds. The summed E-state index contributed by atoms with van der Waals surface area (Å²) in [7, 11) is 1.64. The zero-order valence-electron chi connectivity index (χ0n) is 22.9. The SMILES string of the molecule is CN(C(=O)Oc1ccc(F)cc1)[C@@H]1CN(C(=O)C2CCN(C(=O)C3CC3(C)C)CC2)C[C@H]1c1ccc(Cl)c(Cl)c1. The van der Waals surface area contributed by atoms with E-state index in [-0.39, 0.29) is 46.8 Å². The summed E-state index contributed by atoms with van der Waals surface area (Å²) in [5.41, 5.74) is 0.946. The van der Waals surface area contributed by atoms with Gasteiger partial charge in [0.2, 0.25) is 11.8 Å². The van der Waals surface area contributed by atoms with Crippen molar-refractivity contribution in [2.45, 2.75) is 45.1 Å². The highest BCUT2D eigenvalue weighted by Crippen LogP contribution is 2.52. The third-order valence-corrected chi connectivity index (χ3v) is 9.48. The number of rotatable bonds is 5. The van der Waals surface area contributed by atoms with Gasteiger partial charge < -0.3 is 19.4 Å². The third-order valence-electron chi connectivity index (χ3n) is 8.74. The van der Waals surface area contributed by atoms with Gasteiger partial charge in [0, 0.05) is 51.0 Å². The van der Waals surface area contributed by atoms with Gasteiger partial charge in [-0.25, -0.2) is 9.18 Å². The smallest absolute Gasteiger partial charge is 0.410 e. The van der Waals surface area contributed by atoms with E-state index in [1.165, 1.54) is 29.2 Å². The molecule has 0 aromatic heterocycles. The van der Waals surface area contributed by atoms with E-state index in [9.17, 15) is 18.8 Å². The van der Waals surface area contributed by atoms with Gasteiger partial charge in [0.1, 0.15) is 11.6 Å². The number of halogens is 3. The van der Waals surface area contributed by atoms with Crippen LogP contribution >= 0.6 is 23.2 Å². The van der Waals surface area contributed by atoms with Crippen molar-refractivity contribution >= 4 is 41.1 Å². The topological polar surface area (TPSA) is 70.2 Å². The van der Waals surface area contributed by atoms with Crippen molar-refractivity contribution < 1.29 is 23.5 Å². The molecular formula is C30H34Cl2FN3O4. The molecular weight excluding hydrogens is 556 g/mol. The standard InChI is InChI=1S/C30H34Cl2FN3O4/c1-30(2)15-23(30)28(38)35-12-10-18(11-13-35)27(37)36-16-22(19-4-9-24(31)25(32)14-19)26(17-36)34(3)29(39)40-21-7-5-20(33)6-8-21/h4-9,14,18,22-23,26H,10-13,15-17H2,1-3H3/t22-,23?,26+/m0/s1. The lowest BCUT2D eigenvalue weighted by Crippen LogP contribution is -2.46. The van der Waals surface area contributed by atoms with Crippen LogP contribution in [0.25, 0.3) is 0 Å². The Labute approximate surface area is 244 Å². The van der Waals surface area contributed by atoms with Gasteiger partial charge in [0.05, 0.1) is 16.1 Å². The maximum atomic E-state index is 13.7. The predicted octanol–water partition coefficient (Wildman–Crippen LogP) is 5.84. The first-order valence-corrected chi connectivity index (χ1v) is 14.4. The van der Waals surface area contributed by atoms with Crippen LogP contribution in [0.1, 0.15) is 44.6 Å². The fourth-order valence-corrected chi connectivity index (χ4v) is 6.26. The number of piperidine rings is 1. The number of carbonyl (C=O) groups excluding carboxylic acids is 3. The van der Waals surface area contributed by atoms with E-state index in [2.05, 4.69) is 13.8 Å². The second-order valence-electron chi connectivity index (χ2n) is 11.9. The first kappa shape index (κ1) is 28.7. The number of carbonyl (C=O) groups is 3. The van der Waals surface area contributed by atoms with Gasteiger partial charge in [-0.05, 0) is 66.6 Å². The zero-order valence-corrected chi connectivity index (χ0v) is 24.4. The number of amides is 3. The van der Waals surface area contributed by atoms with E-state index in [0.717, 1.165) is 12.0 Å². The molecule has 3 fully saturated rings. The molecule has 2 aromatic rings. The fraction of sp³-hybridized carbons (Fsp3) is 0.500. The van der Waals surface area contributed by atoms with Gasteiger partial charge in [0.15, 0.2) is 0 Å². The van der Waals surface area contributed by atoms with E-state index < -0.39 is 11.9 Å². The van der Waals surface area contributed by atoms with Crippen molar-refractivity contribution in [3.8, 4) is 5.75 Å². The van der Waals surface area contributed by atoms with Crippen LogP contribution in [0, 0.1) is 23.1 Å². The lowest BCUT2D eigenvalue weighted by Gasteiger charge is -2.33. The summed E-state index contributed by atoms with van der Waals surface area (Å²) in [5.74, 6) is -0.263. The minimum atomic E-state index is -0.606. The summed E-state index contributed by atoms with van der Waals surface area (Å²) < 4.78 is 18.8. The molecule has 1 aliphatic carbocycles. The Balaban J connectivity index is 1.28. The van der Waals surface area contributed by atoms with Crippen LogP contribution in [0.4, 0.5) is 9.18 Å². The summed E-state index contributed by atoms with van der Waals surface area (Å²) in [6.07, 6.45) is 1.57. The highest BCUT2D eigenvalue weighted by Gasteiger charge is 2.52. The van der Waals surface area contributed by atoms with Gasteiger partial charge in [-0.2, -0.15) is 0 Å². The summed E-state index contributed by atoms with van der Waals surface area (Å²) in [4.78, 5) is 44.8. The monoisotopic (exact) mass is 589 g/mol. The fourth-order valence-electron chi connectivity index (χ4n) is 5.95. The van der Waals surface area contributed by atoms with Crippen molar-refractivity contribution in [3.05, 3.63) is 63.9 Å². The minimum Gasteiger partial charge on any atom is -0.410 e. The van der Waals surface area contributed by atoms with E-state index >= 15 is 0 Å². The molecule has 2 aliphatic heterocycles. The molecule has 2 aromatic carbocycles. The van der Waals surface area contributed by atoms with E-state index in [0.29, 0.717) is 49.1 Å². The minimum absolute atomic E-state index is 0.0340. The Kier molecular flexibility index (Phi) is 8.03. The number of hydrogen-bond donors (Lipinski definition) is 0. The van der Waals surface area contributed by atoms with Crippen molar-refractivity contribution in [3.63, 3.8) is 0 Å². The quantitative estimate of drug-likeness (QED) is 0.439. The molecule has 1 saturated carbocycles. The van der Waals surface area contributed by atoms with Gasteiger partial charge in [-0.15, -0.1) is 0 Å². The molecule has 40 heavy (non-hydrogen) atoms. The summed E-state index contributed by atoms with van der Waals surface area (Å²) in [6, 6.07) is 10.2. The lowest BCUT2D eigenvalue weighted by atomic mass is 9.93. The number of hydrogen-bond acceptors (Lipinski definition) is 4. The number of likely N-dealkylation sites (tertiary alicyclic amines) is 2. The molecule has 3 aliphatic rings. The summed E-state index contributed by atoms with van der Waals surface area (Å²) in [6.45, 7) is 6.14. The van der Waals surface area contributed by atoms with Crippen molar-refractivity contribution in [2.24, 2.45) is 17.3 Å². The summed E-state index contributed by atoms with van der Waals surface area (Å²) >= 11 is 12.5. The van der Waals surface area contributed by atoms with E-state index in [4.69, 9.17) is 27.9 Å². The van der Waals surface area contributed by atoms with Crippen molar-refractivity contribution in [1.82, 2.24) is 14.7 Å². The second kappa shape index (κ2) is 11.2. The third kappa shape index (κ3) is 5.93. The van der Waals surface area contributed by atoms with Crippen LogP contribution in [0.5, 0.6) is 5.75 Å². The van der Waals surface area contributed by atoms with Crippen LogP contribution in [-0.2, 0) is 9.59 Å². The molecule has 1 unspecified atom stereocenters. The second-order valence-corrected chi connectivity index (χ2v) is 12.7. The van der Waals surface area contributed by atoms with Gasteiger partial charge in [-0.1, -0.05) is 43.1 Å². The molecule has 7 nitrogen and oxygen atoms in total. The number of likely N-dealkylation sites (N-methyl/N-ethyl adjacent to an activating group) is 1. The zero-order chi connectivity index (χ0) is 28.8. The number of nitrogens with zero attached hydrogens (tertiary/aromatic N) is 3. The molecule has 2 saturated heterocycles. The van der Waals surface area contributed by atoms with Crippen LogP contribution < -0.4 is 4.74 Å². The van der Waals surface area contributed by atoms with E-state index in [1.54, 1.807) is 19.2 Å². The van der Waals surface area contributed by atoms with Crippen LogP contribution in [0.2, 0.25) is 10.0 Å².